The van der Waals surface area contributed by atoms with Crippen LogP contribution in [-0.4, -0.2) is 9.13 Å². The molecule has 0 aliphatic heterocycles. The van der Waals surface area contributed by atoms with Crippen LogP contribution in [0.25, 0.3) is 111 Å². The molecule has 2 aromatic heterocycles. The van der Waals surface area contributed by atoms with E-state index in [9.17, 15) is 26.3 Å². The lowest BCUT2D eigenvalue weighted by atomic mass is 9.96. The molecule has 0 N–H and O–H groups in total. The Morgan fingerprint density at radius 2 is 0.592 bits per heavy atom. The third-order valence-electron chi connectivity index (χ3n) is 14.0. The second kappa shape index (κ2) is 18.3. The highest BCUT2D eigenvalue weighted by atomic mass is 19.4. The van der Waals surface area contributed by atoms with Gasteiger partial charge in [0.05, 0.1) is 91.6 Å². The molecule has 10 heteroatoms. The Hall–Kier alpha value is -11.0. The van der Waals surface area contributed by atoms with E-state index in [1.165, 1.54) is 6.07 Å². The van der Waals surface area contributed by atoms with Gasteiger partial charge in [-0.15, -0.1) is 0 Å². The molecule has 12 rings (SSSR count). The standard InChI is InChI=1S/C66H34F3N7/c67-66(68,69)64-63(75-59-21-16-49(45-11-1-6-40(26-45)35-70)31-55(59)56-32-50(17-22-60(56)75)46-12-2-7-41(27-46)36-71)25-20-54(53-15-5-10-44(30-53)39-74)65(64)76-61-23-18-51(47-13-3-8-42(28-47)37-72)33-57(61)58-34-52(19-24-62(58)76)48-14-4-9-43(29-48)38-73/h1-34H. The van der Waals surface area contributed by atoms with E-state index in [1.807, 2.05) is 97.1 Å². The summed E-state index contributed by atoms with van der Waals surface area (Å²) < 4.78 is 54.9. The lowest BCUT2D eigenvalue weighted by molar-refractivity contribution is -0.137. The first-order chi connectivity index (χ1) is 37.0. The maximum absolute atomic E-state index is 17.2. The topological polar surface area (TPSA) is 129 Å². The molecule has 0 spiro atoms. The van der Waals surface area contributed by atoms with Crippen LogP contribution in [0.5, 0.6) is 0 Å². The lowest BCUT2D eigenvalue weighted by Gasteiger charge is -2.24. The smallest absolute Gasteiger partial charge is 0.309 e. The Kier molecular flexibility index (Phi) is 11.1. The van der Waals surface area contributed by atoms with Crippen molar-refractivity contribution < 1.29 is 13.2 Å². The molecule has 2 heterocycles. The molecule has 10 aromatic carbocycles. The number of alkyl halides is 3. The summed E-state index contributed by atoms with van der Waals surface area (Å²) in [5.74, 6) is 0. The van der Waals surface area contributed by atoms with Crippen molar-refractivity contribution in [2.24, 2.45) is 0 Å². The zero-order valence-electron chi connectivity index (χ0n) is 39.9. The van der Waals surface area contributed by atoms with Gasteiger partial charge in [-0.05, 0) is 165 Å². The van der Waals surface area contributed by atoms with Crippen molar-refractivity contribution in [2.75, 3.05) is 0 Å². The van der Waals surface area contributed by atoms with E-state index in [1.54, 1.807) is 112 Å². The highest BCUT2D eigenvalue weighted by molar-refractivity contribution is 6.14. The molecule has 354 valence electrons. The maximum Gasteiger partial charge on any atom is 0.420 e. The lowest BCUT2D eigenvalue weighted by Crippen LogP contribution is -2.17. The summed E-state index contributed by atoms with van der Waals surface area (Å²) in [6, 6.07) is 71.8. The Labute approximate surface area is 433 Å². The minimum Gasteiger partial charge on any atom is -0.309 e. The van der Waals surface area contributed by atoms with Crippen molar-refractivity contribution in [2.45, 2.75) is 6.18 Å². The van der Waals surface area contributed by atoms with E-state index in [2.05, 4.69) is 30.3 Å². The van der Waals surface area contributed by atoms with Gasteiger partial charge >= 0.3 is 6.18 Å². The van der Waals surface area contributed by atoms with Gasteiger partial charge in [-0.25, -0.2) is 0 Å². The number of hydrogen-bond donors (Lipinski definition) is 0. The van der Waals surface area contributed by atoms with Crippen molar-refractivity contribution in [3.8, 4) is 97.4 Å². The minimum atomic E-state index is -5.01. The van der Waals surface area contributed by atoms with Crippen molar-refractivity contribution in [3.63, 3.8) is 0 Å². The van der Waals surface area contributed by atoms with Crippen LogP contribution in [0.1, 0.15) is 33.4 Å². The predicted octanol–water partition coefficient (Wildman–Crippen LogP) is 16.6. The van der Waals surface area contributed by atoms with Crippen LogP contribution < -0.4 is 0 Å². The van der Waals surface area contributed by atoms with E-state index in [0.29, 0.717) is 71.4 Å². The highest BCUT2D eigenvalue weighted by Gasteiger charge is 2.40. The number of halogens is 3. The maximum atomic E-state index is 17.2. The summed E-state index contributed by atoms with van der Waals surface area (Å²) in [6.07, 6.45) is -5.01. The van der Waals surface area contributed by atoms with Gasteiger partial charge in [0.15, 0.2) is 0 Å². The van der Waals surface area contributed by atoms with Gasteiger partial charge in [-0.2, -0.15) is 39.5 Å². The fourth-order valence-electron chi connectivity index (χ4n) is 10.6. The quantitative estimate of drug-likeness (QED) is 0.157. The van der Waals surface area contributed by atoms with Gasteiger partial charge in [0.1, 0.15) is 5.56 Å². The van der Waals surface area contributed by atoms with Crippen LogP contribution in [0, 0.1) is 56.7 Å². The predicted molar refractivity (Wildman–Crippen MR) is 291 cm³/mol. The van der Waals surface area contributed by atoms with E-state index in [4.69, 9.17) is 0 Å². The molecule has 0 aliphatic carbocycles. The molecule has 0 saturated heterocycles. The van der Waals surface area contributed by atoms with Crippen molar-refractivity contribution in [3.05, 3.63) is 240 Å². The monoisotopic (exact) mass is 981 g/mol. The van der Waals surface area contributed by atoms with Gasteiger partial charge in [-0.3, -0.25) is 0 Å². The average molecular weight is 982 g/mol. The molecule has 0 fully saturated rings. The number of rotatable bonds is 7. The number of aromatic nitrogens is 2. The molecule has 0 amide bonds. The summed E-state index contributed by atoms with van der Waals surface area (Å²) >= 11 is 0. The minimum absolute atomic E-state index is 0.147. The molecule has 12 aromatic rings. The van der Waals surface area contributed by atoms with Gasteiger partial charge in [-0.1, -0.05) is 91.0 Å². The number of benzene rings is 10. The summed E-state index contributed by atoms with van der Waals surface area (Å²) in [7, 11) is 0. The summed E-state index contributed by atoms with van der Waals surface area (Å²) in [5.41, 5.74) is 9.41. The number of nitriles is 5. The molecular formula is C66H34F3N7. The van der Waals surface area contributed by atoms with Gasteiger partial charge in [0.25, 0.3) is 0 Å². The first kappa shape index (κ1) is 46.1. The first-order valence-corrected chi connectivity index (χ1v) is 24.0. The number of hydrogen-bond acceptors (Lipinski definition) is 5. The number of nitrogens with zero attached hydrogens (tertiary/aromatic N) is 7. The largest absolute Gasteiger partial charge is 0.420 e. The Morgan fingerprint density at radius 3 is 0.908 bits per heavy atom. The Balaban J connectivity index is 1.21. The molecule has 0 aliphatic rings. The van der Waals surface area contributed by atoms with Crippen molar-refractivity contribution >= 4 is 43.6 Å². The van der Waals surface area contributed by atoms with Crippen LogP contribution >= 0.6 is 0 Å². The van der Waals surface area contributed by atoms with Crippen LogP contribution in [-0.2, 0) is 6.18 Å². The third-order valence-corrected chi connectivity index (χ3v) is 14.0. The molecule has 0 unspecified atom stereocenters. The molecule has 7 nitrogen and oxygen atoms in total. The molecule has 0 bridgehead atoms. The third kappa shape index (κ3) is 7.83. The van der Waals surface area contributed by atoms with E-state index in [0.717, 1.165) is 44.5 Å². The SMILES string of the molecule is N#Cc1cccc(-c2ccc3c(c2)c2cc(-c4cccc(C#N)c4)ccc2n3-c2ccc(-c3cccc(C#N)c3)c(-n3c4ccc(-c5cccc(C#N)c5)cc4c4cc(-c5cccc(C#N)c5)ccc43)c2C(F)(F)F)c1. The van der Waals surface area contributed by atoms with Gasteiger partial charge in [0, 0.05) is 27.1 Å². The van der Waals surface area contributed by atoms with Crippen molar-refractivity contribution in [1.82, 2.24) is 9.13 Å². The molecule has 76 heavy (non-hydrogen) atoms. The summed E-state index contributed by atoms with van der Waals surface area (Å²) in [5, 5.41) is 52.0. The highest BCUT2D eigenvalue weighted by Crippen LogP contribution is 2.49. The van der Waals surface area contributed by atoms with Crippen LogP contribution in [0.4, 0.5) is 13.2 Å². The fourth-order valence-corrected chi connectivity index (χ4v) is 10.6. The summed E-state index contributed by atoms with van der Waals surface area (Å²) in [4.78, 5) is 0. The fraction of sp³-hybridized carbons (Fsp3) is 0.0152. The molecule has 0 saturated carbocycles. The van der Waals surface area contributed by atoms with Gasteiger partial charge < -0.3 is 9.13 Å². The van der Waals surface area contributed by atoms with Crippen LogP contribution in [0.2, 0.25) is 0 Å². The van der Waals surface area contributed by atoms with E-state index in [-0.39, 0.29) is 22.5 Å². The zero-order valence-corrected chi connectivity index (χ0v) is 39.9. The van der Waals surface area contributed by atoms with E-state index < -0.39 is 11.7 Å². The Morgan fingerprint density at radius 1 is 0.303 bits per heavy atom. The molecular weight excluding hydrogens is 948 g/mol. The van der Waals surface area contributed by atoms with E-state index >= 15 is 13.2 Å². The second-order valence-corrected chi connectivity index (χ2v) is 18.4. The van der Waals surface area contributed by atoms with Crippen molar-refractivity contribution in [1.29, 1.82) is 26.3 Å². The second-order valence-electron chi connectivity index (χ2n) is 18.4. The average Bonchev–Trinajstić information content (AvgIpc) is 4.20. The first-order valence-electron chi connectivity index (χ1n) is 24.0. The molecule has 0 radical (unpaired) electrons. The van der Waals surface area contributed by atoms with Crippen LogP contribution in [0.3, 0.4) is 0 Å². The van der Waals surface area contributed by atoms with Gasteiger partial charge in [0.2, 0.25) is 0 Å². The number of fused-ring (bicyclic) bond motifs is 6. The van der Waals surface area contributed by atoms with Crippen LogP contribution in [0.15, 0.2) is 206 Å². The summed E-state index contributed by atoms with van der Waals surface area (Å²) in [6.45, 7) is 0. The molecule has 0 atom stereocenters. The Bertz CT molecular complexity index is 4420. The normalized spacial score (nSPS) is 11.3. The zero-order chi connectivity index (χ0) is 52.2.